The molecule has 0 fully saturated rings. The number of rotatable bonds is 2. The van der Waals surface area contributed by atoms with Gasteiger partial charge in [-0.1, -0.05) is 11.6 Å². The van der Waals surface area contributed by atoms with E-state index in [1.165, 1.54) is 0 Å². The minimum Gasteiger partial charge on any atom is -0.287 e. The predicted octanol–water partition coefficient (Wildman–Crippen LogP) is 1.02. The van der Waals surface area contributed by atoms with Crippen molar-refractivity contribution in [3.8, 4) is 0 Å². The Kier molecular flexibility index (Phi) is 2.62. The van der Waals surface area contributed by atoms with Crippen molar-refractivity contribution in [3.63, 3.8) is 0 Å². The lowest BCUT2D eigenvalue weighted by Crippen LogP contribution is -2.21. The maximum absolute atomic E-state index is 5.58. The van der Waals surface area contributed by atoms with E-state index in [0.717, 1.165) is 0 Å². The number of hydrogen-bond donors (Lipinski definition) is 1. The Morgan fingerprint density at radius 3 is 2.36 bits per heavy atom. The van der Waals surface area contributed by atoms with Gasteiger partial charge in [-0.3, -0.25) is 5.43 Å². The van der Waals surface area contributed by atoms with Crippen molar-refractivity contribution >= 4 is 17.5 Å². The summed E-state index contributed by atoms with van der Waals surface area (Å²) >= 11 is 5.58. The van der Waals surface area contributed by atoms with Crippen molar-refractivity contribution < 1.29 is 0 Å². The molecule has 1 aromatic rings. The van der Waals surface area contributed by atoms with Crippen molar-refractivity contribution in [2.75, 3.05) is 19.5 Å². The lowest BCUT2D eigenvalue weighted by atomic mass is 10.7. The molecule has 1 rings (SSSR count). The Morgan fingerprint density at radius 1 is 1.36 bits per heavy atom. The molecule has 60 valence electrons. The van der Waals surface area contributed by atoms with E-state index in [1.807, 2.05) is 14.1 Å². The van der Waals surface area contributed by atoms with Crippen LogP contribution < -0.4 is 5.43 Å². The molecule has 5 heteroatoms. The van der Waals surface area contributed by atoms with Crippen LogP contribution in [0.4, 0.5) is 5.95 Å². The van der Waals surface area contributed by atoms with Crippen LogP contribution in [0.5, 0.6) is 0 Å². The van der Waals surface area contributed by atoms with E-state index < -0.39 is 0 Å². The van der Waals surface area contributed by atoms with Crippen LogP contribution in [0.3, 0.4) is 0 Å². The quantitative estimate of drug-likeness (QED) is 0.677. The topological polar surface area (TPSA) is 41.0 Å². The van der Waals surface area contributed by atoms with Crippen LogP contribution in [0, 0.1) is 0 Å². The highest BCUT2D eigenvalue weighted by Gasteiger charge is 1.94. The fourth-order valence-corrected chi connectivity index (χ4v) is 0.668. The fraction of sp³-hybridized carbons (Fsp3) is 0.333. The highest BCUT2D eigenvalue weighted by Crippen LogP contribution is 2.04. The first-order valence-corrected chi connectivity index (χ1v) is 3.48. The standard InChI is InChI=1S/C6H9ClN4/c1-11(2)10-6-8-3-5(7)4-9-6/h3-4H,1-2H3,(H,8,9,10). The van der Waals surface area contributed by atoms with Crippen LogP contribution in [-0.2, 0) is 0 Å². The number of hydrazine groups is 1. The summed E-state index contributed by atoms with van der Waals surface area (Å²) in [7, 11) is 3.72. The Hall–Kier alpha value is -0.870. The molecule has 1 aromatic heterocycles. The van der Waals surface area contributed by atoms with Gasteiger partial charge in [0.05, 0.1) is 17.4 Å². The Balaban J connectivity index is 2.66. The molecule has 0 spiro atoms. The van der Waals surface area contributed by atoms with E-state index in [2.05, 4.69) is 15.4 Å². The van der Waals surface area contributed by atoms with E-state index in [9.17, 15) is 0 Å². The van der Waals surface area contributed by atoms with Gasteiger partial charge in [0.25, 0.3) is 0 Å². The van der Waals surface area contributed by atoms with Gasteiger partial charge in [0.2, 0.25) is 5.95 Å². The summed E-state index contributed by atoms with van der Waals surface area (Å²) in [4.78, 5) is 7.85. The monoisotopic (exact) mass is 172 g/mol. The molecule has 0 aliphatic heterocycles. The molecule has 0 unspecified atom stereocenters. The zero-order valence-electron chi connectivity index (χ0n) is 6.37. The van der Waals surface area contributed by atoms with Crippen LogP contribution in [0.2, 0.25) is 5.02 Å². The summed E-state index contributed by atoms with van der Waals surface area (Å²) < 4.78 is 0. The summed E-state index contributed by atoms with van der Waals surface area (Å²) in [5.41, 5.74) is 2.88. The van der Waals surface area contributed by atoms with Crippen molar-refractivity contribution in [2.45, 2.75) is 0 Å². The Morgan fingerprint density at radius 2 is 1.91 bits per heavy atom. The molecule has 1 heterocycles. The number of nitrogens with one attached hydrogen (secondary N) is 1. The lowest BCUT2D eigenvalue weighted by molar-refractivity contribution is 0.489. The first-order chi connectivity index (χ1) is 5.18. The van der Waals surface area contributed by atoms with Gasteiger partial charge < -0.3 is 0 Å². The van der Waals surface area contributed by atoms with Crippen LogP contribution in [-0.4, -0.2) is 29.1 Å². The van der Waals surface area contributed by atoms with Crippen molar-refractivity contribution in [1.82, 2.24) is 15.0 Å². The third-order valence-electron chi connectivity index (χ3n) is 0.944. The molecule has 1 N–H and O–H groups in total. The minimum absolute atomic E-state index is 0.536. The molecule has 0 saturated heterocycles. The highest BCUT2D eigenvalue weighted by molar-refractivity contribution is 6.30. The maximum atomic E-state index is 5.58. The predicted molar refractivity (Wildman–Crippen MR) is 44.4 cm³/mol. The number of aromatic nitrogens is 2. The average molecular weight is 173 g/mol. The average Bonchev–Trinajstić information content (AvgIpc) is 1.93. The van der Waals surface area contributed by atoms with Crippen LogP contribution >= 0.6 is 11.6 Å². The van der Waals surface area contributed by atoms with Crippen LogP contribution in [0.25, 0.3) is 0 Å². The molecule has 0 aliphatic carbocycles. The van der Waals surface area contributed by atoms with Crippen molar-refractivity contribution in [1.29, 1.82) is 0 Å². The SMILES string of the molecule is CN(C)Nc1ncc(Cl)cn1. The van der Waals surface area contributed by atoms with E-state index in [0.29, 0.717) is 11.0 Å². The summed E-state index contributed by atoms with van der Waals surface area (Å²) in [5.74, 6) is 0.541. The lowest BCUT2D eigenvalue weighted by Gasteiger charge is -2.10. The fourth-order valence-electron chi connectivity index (χ4n) is 0.570. The molecule has 4 nitrogen and oxygen atoms in total. The van der Waals surface area contributed by atoms with Gasteiger partial charge >= 0.3 is 0 Å². The van der Waals surface area contributed by atoms with Crippen LogP contribution in [0.15, 0.2) is 12.4 Å². The molecule has 0 aromatic carbocycles. The summed E-state index contributed by atoms with van der Waals surface area (Å²) in [6.07, 6.45) is 3.08. The number of hydrogen-bond acceptors (Lipinski definition) is 4. The molecular formula is C6H9ClN4. The van der Waals surface area contributed by atoms with E-state index in [4.69, 9.17) is 11.6 Å². The smallest absolute Gasteiger partial charge is 0.237 e. The van der Waals surface area contributed by atoms with Gasteiger partial charge in [0, 0.05) is 14.1 Å². The molecular weight excluding hydrogens is 164 g/mol. The molecule has 0 amide bonds. The second-order valence-corrected chi connectivity index (χ2v) is 2.67. The van der Waals surface area contributed by atoms with Gasteiger partial charge in [0.1, 0.15) is 0 Å². The summed E-state index contributed by atoms with van der Waals surface area (Å²) in [5, 5.41) is 2.29. The molecule has 0 radical (unpaired) electrons. The maximum Gasteiger partial charge on any atom is 0.237 e. The van der Waals surface area contributed by atoms with Gasteiger partial charge in [-0.15, -0.1) is 0 Å². The summed E-state index contributed by atoms with van der Waals surface area (Å²) in [6.45, 7) is 0. The third kappa shape index (κ3) is 2.69. The van der Waals surface area contributed by atoms with Crippen molar-refractivity contribution in [3.05, 3.63) is 17.4 Å². The summed E-state index contributed by atoms with van der Waals surface area (Å²) in [6, 6.07) is 0. The zero-order chi connectivity index (χ0) is 8.27. The largest absolute Gasteiger partial charge is 0.287 e. The second-order valence-electron chi connectivity index (χ2n) is 2.23. The molecule has 0 aliphatic rings. The van der Waals surface area contributed by atoms with Crippen LogP contribution in [0.1, 0.15) is 0 Å². The van der Waals surface area contributed by atoms with Gasteiger partial charge in [0.15, 0.2) is 0 Å². The molecule has 0 saturated carbocycles. The van der Waals surface area contributed by atoms with Gasteiger partial charge in [-0.2, -0.15) is 0 Å². The van der Waals surface area contributed by atoms with Crippen molar-refractivity contribution in [2.24, 2.45) is 0 Å². The Bertz CT molecular complexity index is 221. The van der Waals surface area contributed by atoms with E-state index >= 15 is 0 Å². The third-order valence-corrected chi connectivity index (χ3v) is 1.14. The minimum atomic E-state index is 0.536. The number of halogens is 1. The highest BCUT2D eigenvalue weighted by atomic mass is 35.5. The first kappa shape index (κ1) is 8.23. The number of nitrogens with zero attached hydrogens (tertiary/aromatic N) is 3. The van der Waals surface area contributed by atoms with Gasteiger partial charge in [-0.05, 0) is 0 Å². The molecule has 0 atom stereocenters. The second kappa shape index (κ2) is 3.50. The molecule has 0 bridgehead atoms. The normalized spacial score (nSPS) is 10.2. The molecule has 11 heavy (non-hydrogen) atoms. The first-order valence-electron chi connectivity index (χ1n) is 3.10. The Labute approximate surface area is 70.2 Å². The van der Waals surface area contributed by atoms with Gasteiger partial charge in [-0.25, -0.2) is 15.0 Å². The van der Waals surface area contributed by atoms with E-state index in [1.54, 1.807) is 17.4 Å². The zero-order valence-corrected chi connectivity index (χ0v) is 7.13. The number of anilines is 1. The van der Waals surface area contributed by atoms with E-state index in [-0.39, 0.29) is 0 Å².